The van der Waals surface area contributed by atoms with Crippen molar-refractivity contribution in [1.82, 2.24) is 0 Å². The molecule has 3 aromatic rings. The summed E-state index contributed by atoms with van der Waals surface area (Å²) in [7, 11) is 0. The molecule has 0 bridgehead atoms. The van der Waals surface area contributed by atoms with Gasteiger partial charge in [0.05, 0.1) is 32.0 Å². The number of aliphatic hydroxyl groups is 1. The smallest absolute Gasteiger partial charge is 0.0682 e. The van der Waals surface area contributed by atoms with E-state index in [1.54, 1.807) is 0 Å². The fourth-order valence-corrected chi connectivity index (χ4v) is 16.6. The zero-order valence-corrected chi connectivity index (χ0v) is 24.3. The minimum atomic E-state index is 0.0663. The van der Waals surface area contributed by atoms with Gasteiger partial charge in [0.25, 0.3) is 0 Å². The molecule has 0 unspecified atom stereocenters. The first-order valence-corrected chi connectivity index (χ1v) is 18.0. The van der Waals surface area contributed by atoms with Crippen LogP contribution < -0.4 is 10.4 Å². The number of benzene rings is 3. The van der Waals surface area contributed by atoms with Gasteiger partial charge >= 0.3 is 0 Å². The third-order valence-electron chi connectivity index (χ3n) is 5.85. The predicted octanol–water partition coefficient (Wildman–Crippen LogP) is 7.79. The summed E-state index contributed by atoms with van der Waals surface area (Å²) in [6.07, 6.45) is 0. The van der Waals surface area contributed by atoms with Gasteiger partial charge in [-0.3, -0.25) is 0 Å². The lowest BCUT2D eigenvalue weighted by molar-refractivity contribution is 0.282. The molecule has 0 fully saturated rings. The molecular weight excluding hydrogens is 573 g/mol. The molecule has 0 saturated carbocycles. The van der Waals surface area contributed by atoms with Crippen LogP contribution >= 0.6 is 94.1 Å². The van der Waals surface area contributed by atoms with E-state index in [1.165, 1.54) is 80.4 Å². The molecule has 4 heterocycles. The van der Waals surface area contributed by atoms with Crippen molar-refractivity contribution in [3.63, 3.8) is 0 Å². The molecule has 34 heavy (non-hydrogen) atoms. The third kappa shape index (κ3) is 4.02. The highest BCUT2D eigenvalue weighted by molar-refractivity contribution is 8.47. The van der Waals surface area contributed by atoms with Crippen molar-refractivity contribution in [2.24, 2.45) is 0 Å². The number of rotatable bonds is 1. The summed E-state index contributed by atoms with van der Waals surface area (Å²) < 4.78 is 8.68. The molecular formula is C25H18OS8. The second-order valence-corrected chi connectivity index (χ2v) is 17.9. The molecule has 0 aliphatic carbocycles. The number of hydrogen-bond donors (Lipinski definition) is 1. The minimum absolute atomic E-state index is 0.0663. The van der Waals surface area contributed by atoms with Crippen molar-refractivity contribution in [2.75, 3.05) is 23.0 Å². The Balaban J connectivity index is 1.57. The molecule has 0 amide bonds. The van der Waals surface area contributed by atoms with Crippen molar-refractivity contribution < 1.29 is 5.11 Å². The quantitative estimate of drug-likeness (QED) is 0.284. The lowest BCUT2D eigenvalue weighted by Gasteiger charge is -2.12. The van der Waals surface area contributed by atoms with Crippen LogP contribution in [0, 0.1) is 0 Å². The summed E-state index contributed by atoms with van der Waals surface area (Å²) in [6, 6.07) is 15.5. The molecule has 0 aromatic heterocycles. The van der Waals surface area contributed by atoms with E-state index in [2.05, 4.69) is 42.5 Å². The van der Waals surface area contributed by atoms with Crippen LogP contribution in [0.4, 0.5) is 0 Å². The van der Waals surface area contributed by atoms with Gasteiger partial charge in [-0.25, -0.2) is 0 Å². The summed E-state index contributed by atoms with van der Waals surface area (Å²) in [5, 5.41) is 17.9. The summed E-state index contributed by atoms with van der Waals surface area (Å²) >= 11 is 15.9. The average Bonchev–Trinajstić information content (AvgIpc) is 3.50. The highest BCUT2D eigenvalue weighted by atomic mass is 32.3. The van der Waals surface area contributed by atoms with Gasteiger partial charge in [-0.2, -0.15) is 0 Å². The Morgan fingerprint density at radius 1 is 0.529 bits per heavy atom. The van der Waals surface area contributed by atoms with E-state index in [0.717, 1.165) is 5.56 Å². The van der Waals surface area contributed by atoms with Crippen molar-refractivity contribution in [3.05, 3.63) is 75.4 Å². The number of hydrogen-bond acceptors (Lipinski definition) is 9. The van der Waals surface area contributed by atoms with Crippen molar-refractivity contribution >= 4 is 124 Å². The van der Waals surface area contributed by atoms with Gasteiger partial charge in [-0.1, -0.05) is 83.4 Å². The molecule has 0 saturated heterocycles. The highest BCUT2D eigenvalue weighted by Gasteiger charge is 2.29. The molecule has 4 aliphatic rings. The Kier molecular flexibility index (Phi) is 6.71. The molecule has 9 heteroatoms. The minimum Gasteiger partial charge on any atom is -0.392 e. The Bertz CT molecular complexity index is 1510. The molecule has 0 spiro atoms. The lowest BCUT2D eigenvalue weighted by Crippen LogP contribution is -2.17. The van der Waals surface area contributed by atoms with Gasteiger partial charge in [-0.15, -0.1) is 47.0 Å². The van der Waals surface area contributed by atoms with Crippen LogP contribution in [0.25, 0.3) is 30.0 Å². The van der Waals surface area contributed by atoms with Gasteiger partial charge in [0.2, 0.25) is 0 Å². The van der Waals surface area contributed by atoms with E-state index in [1.807, 2.05) is 94.1 Å². The zero-order valence-electron chi connectivity index (χ0n) is 17.8. The first-order chi connectivity index (χ1) is 16.8. The SMILES string of the molecule is OCc1ccc2c(=C3SC4=C(SCCS4)S3)c3ccccc3c(=C3SC4=C(SCCS4)S3)c2c1. The monoisotopic (exact) mass is 590 g/mol. The van der Waals surface area contributed by atoms with E-state index in [-0.39, 0.29) is 6.61 Å². The maximum absolute atomic E-state index is 10.00. The molecule has 7 rings (SSSR count). The maximum Gasteiger partial charge on any atom is 0.0682 e. The van der Waals surface area contributed by atoms with E-state index in [9.17, 15) is 5.11 Å². The summed E-state index contributed by atoms with van der Waals surface area (Å²) in [4.78, 5) is 0. The van der Waals surface area contributed by atoms with Crippen LogP contribution in [0.1, 0.15) is 5.56 Å². The molecule has 4 aliphatic heterocycles. The Morgan fingerprint density at radius 3 is 1.44 bits per heavy atom. The molecule has 3 aromatic carbocycles. The second kappa shape index (κ2) is 9.80. The number of fused-ring (bicyclic) bond motifs is 2. The molecule has 0 radical (unpaired) electrons. The Morgan fingerprint density at radius 2 is 0.971 bits per heavy atom. The van der Waals surface area contributed by atoms with Gasteiger partial charge in [0.1, 0.15) is 0 Å². The first kappa shape index (κ1) is 23.3. The molecule has 1 N–H and O–H groups in total. The summed E-state index contributed by atoms with van der Waals surface area (Å²) in [5.41, 5.74) is 0.977. The maximum atomic E-state index is 10.00. The first-order valence-electron chi connectivity index (χ1n) is 10.8. The highest BCUT2D eigenvalue weighted by Crippen LogP contribution is 2.61. The van der Waals surface area contributed by atoms with Crippen LogP contribution in [0.2, 0.25) is 0 Å². The molecule has 1 nitrogen and oxygen atoms in total. The standard InChI is InChI=1S/C25H18OS8/c26-12-13-5-6-16-17(11-13)19(21-33-24-25(34-21)30-10-9-29-24)15-4-2-1-3-14(15)18(16)20-31-22-23(32-20)28-8-7-27-22/h1-6,11,26H,7-10,12H2. The Hall–Kier alpha value is 0.160. The fourth-order valence-electron chi connectivity index (χ4n) is 4.40. The normalized spacial score (nSPS) is 20.6. The Labute approximate surface area is 232 Å². The number of thioether (sulfide) groups is 8. The van der Waals surface area contributed by atoms with Crippen LogP contribution in [0.3, 0.4) is 0 Å². The third-order valence-corrected chi connectivity index (χ3v) is 17.4. The summed E-state index contributed by atoms with van der Waals surface area (Å²) in [6.45, 7) is 0.0663. The zero-order chi connectivity index (χ0) is 22.6. The lowest BCUT2D eigenvalue weighted by atomic mass is 9.97. The van der Waals surface area contributed by atoms with Gasteiger partial charge in [-0.05, 0) is 33.2 Å². The predicted molar refractivity (Wildman–Crippen MR) is 168 cm³/mol. The van der Waals surface area contributed by atoms with Crippen LogP contribution in [-0.2, 0) is 6.61 Å². The summed E-state index contributed by atoms with van der Waals surface area (Å²) in [5.74, 6) is 4.79. The van der Waals surface area contributed by atoms with E-state index < -0.39 is 0 Å². The van der Waals surface area contributed by atoms with Crippen molar-refractivity contribution in [3.8, 4) is 0 Å². The average molecular weight is 591 g/mol. The topological polar surface area (TPSA) is 20.2 Å². The van der Waals surface area contributed by atoms with E-state index in [0.29, 0.717) is 0 Å². The molecule has 172 valence electrons. The second-order valence-electron chi connectivity index (χ2n) is 7.86. The fraction of sp³-hybridized carbons (Fsp3) is 0.200. The molecule has 0 atom stereocenters. The van der Waals surface area contributed by atoms with Crippen LogP contribution in [0.5, 0.6) is 0 Å². The number of aliphatic hydroxyl groups excluding tert-OH is 1. The van der Waals surface area contributed by atoms with Crippen molar-refractivity contribution in [1.29, 1.82) is 0 Å². The van der Waals surface area contributed by atoms with Crippen molar-refractivity contribution in [2.45, 2.75) is 6.61 Å². The van der Waals surface area contributed by atoms with Gasteiger partial charge < -0.3 is 5.11 Å². The van der Waals surface area contributed by atoms with Crippen LogP contribution in [-0.4, -0.2) is 28.1 Å². The van der Waals surface area contributed by atoms with Gasteiger partial charge in [0, 0.05) is 33.4 Å². The van der Waals surface area contributed by atoms with E-state index in [4.69, 9.17) is 0 Å². The van der Waals surface area contributed by atoms with E-state index >= 15 is 0 Å². The largest absolute Gasteiger partial charge is 0.392 e. The van der Waals surface area contributed by atoms with Gasteiger partial charge in [0.15, 0.2) is 0 Å². The van der Waals surface area contributed by atoms with Crippen LogP contribution in [0.15, 0.2) is 59.4 Å².